The van der Waals surface area contributed by atoms with Gasteiger partial charge in [0.2, 0.25) is 0 Å². The highest BCUT2D eigenvalue weighted by molar-refractivity contribution is 7.87. The molecule has 0 aromatic heterocycles. The van der Waals surface area contributed by atoms with Crippen LogP contribution in [-0.4, -0.2) is 22.0 Å². The maximum atomic E-state index is 11.0. The second-order valence-corrected chi connectivity index (χ2v) is 5.83. The zero-order valence-corrected chi connectivity index (χ0v) is 11.3. The molecule has 0 saturated carbocycles. The van der Waals surface area contributed by atoms with Gasteiger partial charge in [0.1, 0.15) is 0 Å². The van der Waals surface area contributed by atoms with Crippen molar-refractivity contribution < 1.29 is 8.42 Å². The van der Waals surface area contributed by atoms with Gasteiger partial charge in [-0.25, -0.2) is 9.44 Å². The van der Waals surface area contributed by atoms with Crippen LogP contribution in [0.1, 0.15) is 18.4 Å². The number of hydrogen-bond donors (Lipinski definition) is 2. The summed E-state index contributed by atoms with van der Waals surface area (Å²) in [5, 5.41) is 0.732. The molecule has 0 saturated heterocycles. The number of unbranched alkanes of at least 4 members (excludes halogenated alkanes) is 1. The van der Waals surface area contributed by atoms with Crippen LogP contribution in [-0.2, 0) is 16.6 Å². The Morgan fingerprint density at radius 2 is 1.82 bits per heavy atom. The minimum absolute atomic E-state index is 0.455. The molecule has 0 heterocycles. The second kappa shape index (κ2) is 6.96. The van der Waals surface area contributed by atoms with Gasteiger partial charge in [-0.15, -0.1) is 0 Å². The fourth-order valence-electron chi connectivity index (χ4n) is 1.38. The van der Waals surface area contributed by atoms with Crippen LogP contribution in [0, 0.1) is 0 Å². The summed E-state index contributed by atoms with van der Waals surface area (Å²) < 4.78 is 26.7. The summed E-state index contributed by atoms with van der Waals surface area (Å²) in [5.74, 6) is 0. The van der Waals surface area contributed by atoms with E-state index in [4.69, 9.17) is 11.6 Å². The van der Waals surface area contributed by atoms with Gasteiger partial charge < -0.3 is 0 Å². The first-order chi connectivity index (χ1) is 8.03. The van der Waals surface area contributed by atoms with Crippen molar-refractivity contribution in [2.24, 2.45) is 0 Å². The Morgan fingerprint density at radius 1 is 1.18 bits per heavy atom. The number of benzene rings is 1. The summed E-state index contributed by atoms with van der Waals surface area (Å²) in [6.45, 7) is 0.455. The quantitative estimate of drug-likeness (QED) is 0.745. The molecule has 6 heteroatoms. The molecule has 2 N–H and O–H groups in total. The molecule has 0 unspecified atom stereocenters. The zero-order valence-electron chi connectivity index (χ0n) is 9.74. The fraction of sp³-hybridized carbons (Fsp3) is 0.455. The Balaban J connectivity index is 2.19. The summed E-state index contributed by atoms with van der Waals surface area (Å²) in [6, 6.07) is 7.70. The molecule has 0 atom stereocenters. The predicted octanol–water partition coefficient (Wildman–Crippen LogP) is 1.72. The SMILES string of the molecule is CNS(=O)(=O)NCCCCc1ccc(Cl)cc1. The van der Waals surface area contributed by atoms with Crippen molar-refractivity contribution in [3.8, 4) is 0 Å². The topological polar surface area (TPSA) is 58.2 Å². The molecule has 1 aromatic rings. The molecule has 0 aliphatic rings. The molecular weight excluding hydrogens is 260 g/mol. The van der Waals surface area contributed by atoms with Crippen LogP contribution in [0.4, 0.5) is 0 Å². The summed E-state index contributed by atoms with van der Waals surface area (Å²) in [5.41, 5.74) is 1.21. The Morgan fingerprint density at radius 3 is 2.41 bits per heavy atom. The van der Waals surface area contributed by atoms with E-state index in [-0.39, 0.29) is 0 Å². The van der Waals surface area contributed by atoms with E-state index in [2.05, 4.69) is 9.44 Å². The number of halogens is 1. The molecule has 96 valence electrons. The van der Waals surface area contributed by atoms with E-state index >= 15 is 0 Å². The molecule has 0 amide bonds. The van der Waals surface area contributed by atoms with Gasteiger partial charge in [0.05, 0.1) is 0 Å². The predicted molar refractivity (Wildman–Crippen MR) is 70.4 cm³/mol. The molecule has 0 aliphatic carbocycles. The average molecular weight is 277 g/mol. The molecular formula is C11H17ClN2O2S. The second-order valence-electron chi connectivity index (χ2n) is 3.69. The van der Waals surface area contributed by atoms with Gasteiger partial charge in [0.15, 0.2) is 0 Å². The van der Waals surface area contributed by atoms with Crippen molar-refractivity contribution in [1.82, 2.24) is 9.44 Å². The summed E-state index contributed by atoms with van der Waals surface area (Å²) in [4.78, 5) is 0. The van der Waals surface area contributed by atoms with E-state index in [1.807, 2.05) is 24.3 Å². The summed E-state index contributed by atoms with van der Waals surface area (Å²) in [6.07, 6.45) is 2.68. The third-order valence-electron chi connectivity index (χ3n) is 2.37. The highest BCUT2D eigenvalue weighted by atomic mass is 35.5. The van der Waals surface area contributed by atoms with Crippen molar-refractivity contribution in [3.05, 3.63) is 34.9 Å². The first-order valence-electron chi connectivity index (χ1n) is 5.46. The van der Waals surface area contributed by atoms with E-state index in [0.717, 1.165) is 24.3 Å². The van der Waals surface area contributed by atoms with E-state index in [0.29, 0.717) is 6.54 Å². The lowest BCUT2D eigenvalue weighted by Gasteiger charge is -2.05. The first kappa shape index (κ1) is 14.4. The van der Waals surface area contributed by atoms with Crippen molar-refractivity contribution in [3.63, 3.8) is 0 Å². The normalized spacial score (nSPS) is 11.6. The molecule has 0 spiro atoms. The van der Waals surface area contributed by atoms with Crippen LogP contribution in [0.25, 0.3) is 0 Å². The van der Waals surface area contributed by atoms with Crippen molar-refractivity contribution >= 4 is 21.8 Å². The average Bonchev–Trinajstić information content (AvgIpc) is 2.31. The van der Waals surface area contributed by atoms with Gasteiger partial charge in [0, 0.05) is 18.6 Å². The maximum Gasteiger partial charge on any atom is 0.276 e. The lowest BCUT2D eigenvalue weighted by molar-refractivity contribution is 0.568. The lowest BCUT2D eigenvalue weighted by Crippen LogP contribution is -2.34. The van der Waals surface area contributed by atoms with Gasteiger partial charge in [-0.05, 0) is 37.0 Å². The Bertz CT molecular complexity index is 431. The highest BCUT2D eigenvalue weighted by Crippen LogP contribution is 2.11. The largest absolute Gasteiger partial charge is 0.276 e. The van der Waals surface area contributed by atoms with Crippen LogP contribution < -0.4 is 9.44 Å². The van der Waals surface area contributed by atoms with Crippen molar-refractivity contribution in [1.29, 1.82) is 0 Å². The molecule has 17 heavy (non-hydrogen) atoms. The molecule has 0 bridgehead atoms. The smallest absolute Gasteiger partial charge is 0.205 e. The molecule has 0 aliphatic heterocycles. The number of hydrogen-bond acceptors (Lipinski definition) is 2. The van der Waals surface area contributed by atoms with E-state index in [1.54, 1.807) is 0 Å². The van der Waals surface area contributed by atoms with Crippen LogP contribution in [0.3, 0.4) is 0 Å². The molecule has 1 rings (SSSR count). The summed E-state index contributed by atoms with van der Waals surface area (Å²) in [7, 11) is -1.90. The van der Waals surface area contributed by atoms with Gasteiger partial charge in [-0.1, -0.05) is 23.7 Å². The van der Waals surface area contributed by atoms with Gasteiger partial charge in [-0.3, -0.25) is 0 Å². The van der Waals surface area contributed by atoms with Crippen LogP contribution in [0.5, 0.6) is 0 Å². The number of rotatable bonds is 7. The maximum absolute atomic E-state index is 11.0. The Hall–Kier alpha value is -0.620. The highest BCUT2D eigenvalue weighted by Gasteiger charge is 2.03. The van der Waals surface area contributed by atoms with Gasteiger partial charge in [-0.2, -0.15) is 8.42 Å². The number of aryl methyl sites for hydroxylation is 1. The van der Waals surface area contributed by atoms with E-state index < -0.39 is 10.2 Å². The van der Waals surface area contributed by atoms with E-state index in [9.17, 15) is 8.42 Å². The number of nitrogens with one attached hydrogen (secondary N) is 2. The Labute approximate surface area is 108 Å². The molecule has 4 nitrogen and oxygen atoms in total. The minimum Gasteiger partial charge on any atom is -0.205 e. The summed E-state index contributed by atoms with van der Waals surface area (Å²) >= 11 is 5.78. The lowest BCUT2D eigenvalue weighted by atomic mass is 10.1. The fourth-order valence-corrected chi connectivity index (χ4v) is 2.07. The van der Waals surface area contributed by atoms with Crippen LogP contribution in [0.2, 0.25) is 5.02 Å². The standard InChI is InChI=1S/C11H17ClN2O2S/c1-13-17(15,16)14-9-3-2-4-10-5-7-11(12)8-6-10/h5-8,13-14H,2-4,9H2,1H3. The Kier molecular flexibility index (Phi) is 5.91. The zero-order chi connectivity index (χ0) is 12.7. The van der Waals surface area contributed by atoms with Gasteiger partial charge in [0.25, 0.3) is 10.2 Å². The van der Waals surface area contributed by atoms with Gasteiger partial charge >= 0.3 is 0 Å². The molecule has 1 aromatic carbocycles. The van der Waals surface area contributed by atoms with Crippen molar-refractivity contribution in [2.45, 2.75) is 19.3 Å². The third-order valence-corrected chi connectivity index (χ3v) is 3.74. The van der Waals surface area contributed by atoms with Crippen LogP contribution in [0.15, 0.2) is 24.3 Å². The molecule has 0 fully saturated rings. The van der Waals surface area contributed by atoms with E-state index in [1.165, 1.54) is 12.6 Å². The van der Waals surface area contributed by atoms with Crippen LogP contribution >= 0.6 is 11.6 Å². The monoisotopic (exact) mass is 276 g/mol. The molecule has 0 radical (unpaired) electrons. The first-order valence-corrected chi connectivity index (χ1v) is 7.32. The third kappa shape index (κ3) is 6.02. The minimum atomic E-state index is -3.29. The van der Waals surface area contributed by atoms with Crippen molar-refractivity contribution in [2.75, 3.05) is 13.6 Å².